The van der Waals surface area contributed by atoms with E-state index >= 15 is 0 Å². The molecule has 0 N–H and O–H groups in total. The second-order valence-corrected chi connectivity index (χ2v) is 7.95. The first kappa shape index (κ1) is 21.9. The predicted octanol–water partition coefficient (Wildman–Crippen LogP) is 2.24. The third-order valence-corrected chi connectivity index (χ3v) is 5.08. The maximum atomic E-state index is 8.49. The average molecular weight is 447 g/mol. The number of fused-ring (bicyclic) bond motifs is 1. The van der Waals surface area contributed by atoms with Crippen LogP contribution in [0.25, 0.3) is 34.1 Å². The molecule has 1 heterocycles. The van der Waals surface area contributed by atoms with Gasteiger partial charge in [-0.15, -0.1) is 10.2 Å². The highest BCUT2D eigenvalue weighted by molar-refractivity contribution is 5.91. The van der Waals surface area contributed by atoms with Crippen molar-refractivity contribution < 1.29 is 33.3 Å². The summed E-state index contributed by atoms with van der Waals surface area (Å²) in [6, 6.07) is 33.6. The van der Waals surface area contributed by atoms with Crippen LogP contribution in [0, 0.1) is 10.2 Å². The Morgan fingerprint density at radius 2 is 1.09 bits per heavy atom. The van der Waals surface area contributed by atoms with Gasteiger partial charge in [0.05, 0.1) is 17.2 Å². The van der Waals surface area contributed by atoms with E-state index in [4.69, 9.17) is 23.1 Å². The molecule has 1 aromatic heterocycles. The summed E-state index contributed by atoms with van der Waals surface area (Å²) in [6.45, 7) is 0. The number of rotatable bonds is 3. The number of allylic oxidation sites excluding steroid dienone is 1. The Balaban J connectivity index is 0.000000444. The lowest BCUT2D eigenvalue weighted by molar-refractivity contribution is -2.00. The summed E-state index contributed by atoms with van der Waals surface area (Å²) >= 11 is 0. The Morgan fingerprint density at radius 1 is 0.625 bits per heavy atom. The molecule has 0 bridgehead atoms. The van der Waals surface area contributed by atoms with Gasteiger partial charge in [0.1, 0.15) is 0 Å². The van der Waals surface area contributed by atoms with E-state index in [0.717, 1.165) is 23.5 Å². The van der Waals surface area contributed by atoms with E-state index in [-0.39, 0.29) is 0 Å². The van der Waals surface area contributed by atoms with E-state index in [1.165, 1.54) is 27.8 Å². The molecule has 0 radical (unpaired) electrons. The normalized spacial score (nSPS) is 12.4. The molecular weight excluding hydrogens is 428 g/mol. The smallest absolute Gasteiger partial charge is 0.222 e. The Morgan fingerprint density at radius 3 is 1.62 bits per heavy atom. The van der Waals surface area contributed by atoms with E-state index in [1.54, 1.807) is 0 Å². The fraction of sp³-hybridized carbons (Fsp3) is 0.0385. The number of hydrogen-bond acceptors (Lipinski definition) is 4. The highest BCUT2D eigenvalue weighted by Gasteiger charge is 2.30. The molecule has 1 aliphatic carbocycles. The van der Waals surface area contributed by atoms with Crippen molar-refractivity contribution in [2.45, 2.75) is 6.42 Å². The second kappa shape index (κ2) is 9.44. The zero-order valence-electron chi connectivity index (χ0n) is 16.9. The summed E-state index contributed by atoms with van der Waals surface area (Å²) in [5.74, 6) is 1.87. The third kappa shape index (κ3) is 5.48. The van der Waals surface area contributed by atoms with Gasteiger partial charge in [0.25, 0.3) is 0 Å². The largest absolute Gasteiger partial charge is 0.361 e. The Bertz CT molecular complexity index is 1210. The molecule has 0 atom stereocenters. The summed E-state index contributed by atoms with van der Waals surface area (Å²) in [5, 5.41) is 0. The molecule has 5 nitrogen and oxygen atoms in total. The first-order valence-corrected chi connectivity index (χ1v) is 11.1. The van der Waals surface area contributed by atoms with Gasteiger partial charge in [-0.3, -0.25) is 0 Å². The highest BCUT2D eigenvalue weighted by atomic mass is 35.7. The van der Waals surface area contributed by atoms with Crippen LogP contribution in [0.5, 0.6) is 0 Å². The van der Waals surface area contributed by atoms with Gasteiger partial charge in [-0.2, -0.15) is 0 Å². The minimum absolute atomic E-state index is 0.891. The summed E-state index contributed by atoms with van der Waals surface area (Å²) < 4.78 is 40.3. The molecule has 6 heteroatoms. The Kier molecular flexibility index (Phi) is 6.46. The van der Waals surface area contributed by atoms with Crippen molar-refractivity contribution >= 4 is 11.6 Å². The van der Waals surface area contributed by atoms with E-state index in [1.807, 2.05) is 18.2 Å². The van der Waals surface area contributed by atoms with Crippen LogP contribution in [0.2, 0.25) is 0 Å². The summed E-state index contributed by atoms with van der Waals surface area (Å²) in [4.78, 5) is 0. The minimum atomic E-state index is -4.94. The van der Waals surface area contributed by atoms with Gasteiger partial charge in [-0.25, -0.2) is 23.1 Å². The number of benzene rings is 3. The molecule has 0 aliphatic heterocycles. The molecule has 0 amide bonds. The van der Waals surface area contributed by atoms with Gasteiger partial charge in [0.2, 0.25) is 0 Å². The summed E-state index contributed by atoms with van der Waals surface area (Å²) in [6.07, 6.45) is 3.09. The lowest BCUT2D eigenvalue weighted by Gasteiger charge is -2.17. The van der Waals surface area contributed by atoms with Gasteiger partial charge in [0, 0.05) is 18.1 Å². The topological polar surface area (TPSA) is 104 Å². The molecule has 5 rings (SSSR count). The molecular formula is C26H19ClO5. The molecule has 0 saturated heterocycles. The molecule has 4 aromatic rings. The maximum Gasteiger partial charge on any atom is 0.361 e. The van der Waals surface area contributed by atoms with E-state index in [2.05, 4.69) is 84.9 Å². The zero-order valence-corrected chi connectivity index (χ0v) is 17.7. The Hall–Kier alpha value is -3.32. The molecule has 160 valence electrons. The first-order chi connectivity index (χ1) is 15.4. The van der Waals surface area contributed by atoms with Crippen molar-refractivity contribution in [3.8, 4) is 22.5 Å². The van der Waals surface area contributed by atoms with Crippen LogP contribution >= 0.6 is 0 Å². The molecule has 0 unspecified atom stereocenters. The van der Waals surface area contributed by atoms with Crippen molar-refractivity contribution in [3.05, 3.63) is 114 Å². The minimum Gasteiger partial charge on any atom is -0.222 e. The van der Waals surface area contributed by atoms with E-state index in [9.17, 15) is 0 Å². The highest BCUT2D eigenvalue weighted by Crippen LogP contribution is 2.40. The lowest BCUT2D eigenvalue weighted by atomic mass is 9.96. The Labute approximate surface area is 187 Å². The summed E-state index contributed by atoms with van der Waals surface area (Å²) in [5.41, 5.74) is 7.39. The van der Waals surface area contributed by atoms with Crippen LogP contribution in [0.1, 0.15) is 16.9 Å². The van der Waals surface area contributed by atoms with Gasteiger partial charge >= 0.3 is 11.5 Å². The van der Waals surface area contributed by atoms with Gasteiger partial charge in [-0.1, -0.05) is 78.9 Å². The molecule has 3 aromatic carbocycles. The van der Waals surface area contributed by atoms with E-state index < -0.39 is 10.2 Å². The SMILES string of the molecule is C1=C(c2ccccc2)Cc2c(-c3ccccc3)cc(-c3ccccc3)[o+]c21.[O-][Cl+3]([O-])([O-])[O-]. The fourth-order valence-corrected chi connectivity index (χ4v) is 3.72. The van der Waals surface area contributed by atoms with E-state index in [0.29, 0.717) is 0 Å². The molecule has 0 spiro atoms. The molecule has 0 saturated carbocycles. The first-order valence-electron chi connectivity index (χ1n) is 9.87. The third-order valence-electron chi connectivity index (χ3n) is 5.08. The molecule has 1 aliphatic rings. The van der Waals surface area contributed by atoms with Crippen LogP contribution in [0.15, 0.2) is 101 Å². The van der Waals surface area contributed by atoms with Crippen LogP contribution < -0.4 is 18.6 Å². The van der Waals surface area contributed by atoms with Crippen molar-refractivity contribution in [1.82, 2.24) is 0 Å². The van der Waals surface area contributed by atoms with Crippen molar-refractivity contribution in [1.29, 1.82) is 0 Å². The number of halogens is 1. The zero-order chi connectivity index (χ0) is 22.6. The lowest BCUT2D eigenvalue weighted by Crippen LogP contribution is -2.68. The average Bonchev–Trinajstić information content (AvgIpc) is 3.23. The standard InChI is InChI=1S/C26H19O.ClHO4/c1-4-10-19(11-5-1)22-16-24-23(20-12-6-2-7-13-20)18-25(27-26(24)17-22)21-14-8-3-9-15-21;2-1(3,4)5/h1-15,17-18H,16H2;(H,2,3,4,5)/q+1;/p-1. The molecule has 0 fully saturated rings. The van der Waals surface area contributed by atoms with Crippen LogP contribution in [0.3, 0.4) is 0 Å². The van der Waals surface area contributed by atoms with Crippen LogP contribution in [-0.4, -0.2) is 0 Å². The second-order valence-electron chi connectivity index (χ2n) is 7.19. The predicted molar refractivity (Wildman–Crippen MR) is 112 cm³/mol. The maximum absolute atomic E-state index is 8.49. The van der Waals surface area contributed by atoms with Crippen molar-refractivity contribution in [2.24, 2.45) is 0 Å². The summed E-state index contributed by atoms with van der Waals surface area (Å²) in [7, 11) is -4.94. The van der Waals surface area contributed by atoms with Crippen molar-refractivity contribution in [2.75, 3.05) is 0 Å². The van der Waals surface area contributed by atoms with Crippen LogP contribution in [-0.2, 0) is 6.42 Å². The quantitative estimate of drug-likeness (QED) is 0.449. The number of hydrogen-bond donors (Lipinski definition) is 0. The molecule has 32 heavy (non-hydrogen) atoms. The van der Waals surface area contributed by atoms with Crippen molar-refractivity contribution in [3.63, 3.8) is 0 Å². The van der Waals surface area contributed by atoms with Gasteiger partial charge in [-0.05, 0) is 28.8 Å². The van der Waals surface area contributed by atoms with Gasteiger partial charge < -0.3 is 0 Å². The fourth-order valence-electron chi connectivity index (χ4n) is 3.72. The van der Waals surface area contributed by atoms with Gasteiger partial charge in [0.15, 0.2) is 0 Å². The van der Waals surface area contributed by atoms with Crippen LogP contribution in [0.4, 0.5) is 0 Å². The monoisotopic (exact) mass is 446 g/mol.